The zero-order valence-corrected chi connectivity index (χ0v) is 21.7. The van der Waals surface area contributed by atoms with E-state index < -0.39 is 6.09 Å². The van der Waals surface area contributed by atoms with Crippen molar-refractivity contribution in [3.63, 3.8) is 0 Å². The van der Waals surface area contributed by atoms with E-state index >= 15 is 4.39 Å². The Morgan fingerprint density at radius 1 is 1.24 bits per heavy atom. The molecule has 3 heterocycles. The van der Waals surface area contributed by atoms with Gasteiger partial charge in [-0.2, -0.15) is 5.10 Å². The van der Waals surface area contributed by atoms with Crippen molar-refractivity contribution in [3.05, 3.63) is 64.9 Å². The highest BCUT2D eigenvalue weighted by molar-refractivity contribution is 7.19. The van der Waals surface area contributed by atoms with Crippen molar-refractivity contribution in [2.24, 2.45) is 0 Å². The van der Waals surface area contributed by atoms with Gasteiger partial charge < -0.3 is 10.1 Å². The Balaban J connectivity index is 1.50. The highest BCUT2D eigenvalue weighted by Gasteiger charge is 2.43. The molecule has 3 aromatic heterocycles. The van der Waals surface area contributed by atoms with Gasteiger partial charge in [0.1, 0.15) is 11.5 Å². The summed E-state index contributed by atoms with van der Waals surface area (Å²) in [6.45, 7) is 3.96. The van der Waals surface area contributed by atoms with Gasteiger partial charge in [0.25, 0.3) is 0 Å². The van der Waals surface area contributed by atoms with E-state index in [2.05, 4.69) is 20.6 Å². The number of pyridine rings is 1. The van der Waals surface area contributed by atoms with Crippen LogP contribution >= 0.6 is 11.3 Å². The van der Waals surface area contributed by atoms with Crippen molar-refractivity contribution >= 4 is 22.6 Å². The topological polar surface area (TPSA) is 94.0 Å². The summed E-state index contributed by atoms with van der Waals surface area (Å²) in [7, 11) is 1.91. The molecule has 1 saturated carbocycles. The van der Waals surface area contributed by atoms with Crippen LogP contribution in [-0.2, 0) is 23.1 Å². The van der Waals surface area contributed by atoms with Gasteiger partial charge >= 0.3 is 6.09 Å². The van der Waals surface area contributed by atoms with E-state index in [0.29, 0.717) is 23.7 Å². The highest BCUT2D eigenvalue weighted by atomic mass is 32.1. The SMILES string of the molecule is CCOC(=O)Nc1nc2c(s1)-c1c(c(-c3ccc(C)nc3)nn1-c1ccc(C3(NC)CC3)cc1F)CC2. The maximum Gasteiger partial charge on any atom is 0.413 e. The number of ether oxygens (including phenoxy) is 1. The highest BCUT2D eigenvalue weighted by Crippen LogP contribution is 2.47. The maximum absolute atomic E-state index is 15.7. The van der Waals surface area contributed by atoms with Crippen LogP contribution in [-0.4, -0.2) is 39.5 Å². The Bertz CT molecular complexity index is 1510. The minimum absolute atomic E-state index is 0.139. The molecule has 8 nitrogen and oxygen atoms in total. The number of carbonyl (C=O) groups is 1. The van der Waals surface area contributed by atoms with Gasteiger partial charge in [-0.1, -0.05) is 17.4 Å². The smallest absolute Gasteiger partial charge is 0.413 e. The molecule has 10 heteroatoms. The quantitative estimate of drug-likeness (QED) is 0.356. The summed E-state index contributed by atoms with van der Waals surface area (Å²) in [6, 6.07) is 9.34. The lowest BCUT2D eigenvalue weighted by molar-refractivity contribution is 0.168. The van der Waals surface area contributed by atoms with Crippen molar-refractivity contribution in [3.8, 4) is 27.5 Å². The second kappa shape index (κ2) is 9.04. The summed E-state index contributed by atoms with van der Waals surface area (Å²) in [5.74, 6) is -0.334. The molecule has 6 rings (SSSR count). The number of amides is 1. The number of aryl methyl sites for hydroxylation is 2. The van der Waals surface area contributed by atoms with Crippen molar-refractivity contribution in [2.45, 2.75) is 45.1 Å². The van der Waals surface area contributed by atoms with E-state index in [1.165, 1.54) is 11.3 Å². The van der Waals surface area contributed by atoms with Crippen molar-refractivity contribution < 1.29 is 13.9 Å². The van der Waals surface area contributed by atoms with Gasteiger partial charge in [-0.25, -0.2) is 18.9 Å². The third kappa shape index (κ3) is 4.10. The number of aromatic nitrogens is 4. The van der Waals surface area contributed by atoms with Gasteiger partial charge in [-0.15, -0.1) is 0 Å². The van der Waals surface area contributed by atoms with Gasteiger partial charge in [0.2, 0.25) is 0 Å². The summed E-state index contributed by atoms with van der Waals surface area (Å²) in [5, 5.41) is 11.4. The lowest BCUT2D eigenvalue weighted by Crippen LogP contribution is -2.24. The number of fused-ring (bicyclic) bond motifs is 3. The molecule has 0 aliphatic heterocycles. The van der Waals surface area contributed by atoms with E-state index in [1.54, 1.807) is 29.9 Å². The first-order chi connectivity index (χ1) is 17.9. The van der Waals surface area contributed by atoms with E-state index in [4.69, 9.17) is 9.84 Å². The summed E-state index contributed by atoms with van der Waals surface area (Å²) < 4.78 is 22.4. The number of halogens is 1. The van der Waals surface area contributed by atoms with E-state index in [-0.39, 0.29) is 18.0 Å². The molecule has 2 N–H and O–H groups in total. The number of rotatable bonds is 6. The Kier molecular flexibility index (Phi) is 5.80. The predicted octanol–water partition coefficient (Wildman–Crippen LogP) is 5.38. The first kappa shape index (κ1) is 23.7. The zero-order valence-electron chi connectivity index (χ0n) is 20.9. The van der Waals surface area contributed by atoms with Crippen LogP contribution in [0.3, 0.4) is 0 Å². The molecule has 1 fully saturated rings. The van der Waals surface area contributed by atoms with Crippen LogP contribution in [0, 0.1) is 12.7 Å². The third-order valence-corrected chi connectivity index (χ3v) is 8.15. The van der Waals surface area contributed by atoms with E-state index in [9.17, 15) is 4.79 Å². The molecular weight excluding hydrogens is 491 g/mol. The minimum atomic E-state index is -0.547. The van der Waals surface area contributed by atoms with Gasteiger partial charge in [-0.05, 0) is 76.4 Å². The number of carbonyl (C=O) groups excluding carboxylic acids is 1. The average molecular weight is 519 g/mol. The number of hydrogen-bond acceptors (Lipinski definition) is 7. The second-order valence-corrected chi connectivity index (χ2v) is 10.4. The fourth-order valence-corrected chi connectivity index (χ4v) is 6.03. The van der Waals surface area contributed by atoms with Crippen LogP contribution < -0.4 is 10.6 Å². The predicted molar refractivity (Wildman–Crippen MR) is 141 cm³/mol. The van der Waals surface area contributed by atoms with Crippen LogP contribution in [0.5, 0.6) is 0 Å². The van der Waals surface area contributed by atoms with Crippen LogP contribution in [0.4, 0.5) is 14.3 Å². The Labute approximate surface area is 217 Å². The van der Waals surface area contributed by atoms with E-state index in [1.807, 2.05) is 32.2 Å². The number of nitrogens with zero attached hydrogens (tertiary/aromatic N) is 4. The largest absolute Gasteiger partial charge is 0.450 e. The van der Waals surface area contributed by atoms with Gasteiger partial charge in [0.15, 0.2) is 5.13 Å². The molecular formula is C27H27FN6O2S. The molecule has 0 atom stereocenters. The standard InChI is InChI=1S/C27H27FN6O2S/c1-4-36-26(35)32-25-31-20-9-8-18-22(16-6-5-15(2)30-14-16)33-34(23(18)24(20)37-25)21-10-7-17(13-19(21)28)27(29-3)11-12-27/h5-7,10,13-14,29H,4,8-9,11-12H2,1-3H3,(H,31,32,35). The molecule has 1 aromatic carbocycles. The van der Waals surface area contributed by atoms with E-state index in [0.717, 1.165) is 57.2 Å². The van der Waals surface area contributed by atoms with Gasteiger partial charge in [0, 0.05) is 28.6 Å². The maximum atomic E-state index is 15.7. The molecule has 0 spiro atoms. The molecule has 0 unspecified atom stereocenters. The number of anilines is 1. The van der Waals surface area contributed by atoms with Crippen LogP contribution in [0.1, 0.15) is 42.3 Å². The van der Waals surface area contributed by atoms with Crippen LogP contribution in [0.15, 0.2) is 36.5 Å². The average Bonchev–Trinajstić information content (AvgIpc) is 3.44. The molecule has 0 radical (unpaired) electrons. The number of thiazole rings is 1. The monoisotopic (exact) mass is 518 g/mol. The van der Waals surface area contributed by atoms with Crippen LogP contribution in [0.25, 0.3) is 27.5 Å². The summed E-state index contributed by atoms with van der Waals surface area (Å²) in [4.78, 5) is 22.0. The number of nitrogens with one attached hydrogen (secondary N) is 2. The third-order valence-electron chi connectivity index (χ3n) is 7.13. The van der Waals surface area contributed by atoms with Crippen LogP contribution in [0.2, 0.25) is 0 Å². The Morgan fingerprint density at radius 3 is 2.76 bits per heavy atom. The minimum Gasteiger partial charge on any atom is -0.450 e. The molecule has 4 aromatic rings. The normalized spacial score (nSPS) is 15.1. The lowest BCUT2D eigenvalue weighted by Gasteiger charge is -2.17. The lowest BCUT2D eigenvalue weighted by atomic mass is 9.95. The van der Waals surface area contributed by atoms with Crippen molar-refractivity contribution in [2.75, 3.05) is 19.0 Å². The molecule has 190 valence electrons. The Hall–Kier alpha value is -3.63. The summed E-state index contributed by atoms with van der Waals surface area (Å²) in [5.41, 5.74) is 6.41. The first-order valence-electron chi connectivity index (χ1n) is 12.4. The van der Waals surface area contributed by atoms with Crippen molar-refractivity contribution in [1.82, 2.24) is 25.1 Å². The second-order valence-electron chi connectivity index (χ2n) is 9.41. The number of benzene rings is 1. The molecule has 37 heavy (non-hydrogen) atoms. The molecule has 2 aliphatic carbocycles. The summed E-state index contributed by atoms with van der Waals surface area (Å²) in [6.07, 6.45) is 4.62. The molecule has 2 aliphatic rings. The zero-order chi connectivity index (χ0) is 25.7. The fraction of sp³-hybridized carbons (Fsp3) is 0.333. The fourth-order valence-electron chi connectivity index (χ4n) is 4.98. The molecule has 0 saturated heterocycles. The van der Waals surface area contributed by atoms with Gasteiger partial charge in [-0.3, -0.25) is 10.3 Å². The molecule has 0 bridgehead atoms. The van der Waals surface area contributed by atoms with Gasteiger partial charge in [0.05, 0.1) is 28.6 Å². The summed E-state index contributed by atoms with van der Waals surface area (Å²) >= 11 is 1.35. The van der Waals surface area contributed by atoms with Crippen molar-refractivity contribution in [1.29, 1.82) is 0 Å². The molecule has 1 amide bonds. The number of hydrogen-bond donors (Lipinski definition) is 2. The Morgan fingerprint density at radius 2 is 2.08 bits per heavy atom. The first-order valence-corrected chi connectivity index (χ1v) is 13.2.